The van der Waals surface area contributed by atoms with Gasteiger partial charge in [0.15, 0.2) is 0 Å². The Kier molecular flexibility index (Phi) is 7.88. The monoisotopic (exact) mass is 489 g/mol. The molecule has 0 aliphatic carbocycles. The number of ether oxygens (including phenoxy) is 1. The molecule has 1 saturated heterocycles. The minimum Gasteiger partial charge on any atom is -0.507 e. The van der Waals surface area contributed by atoms with Crippen molar-refractivity contribution in [1.29, 1.82) is 0 Å². The van der Waals surface area contributed by atoms with Crippen LogP contribution in [-0.4, -0.2) is 28.3 Å². The zero-order valence-electron chi connectivity index (χ0n) is 19.6. The Morgan fingerprint density at radius 1 is 0.943 bits per heavy atom. The third-order valence-corrected chi connectivity index (χ3v) is 6.32. The molecule has 1 N–H and O–H groups in total. The molecule has 1 amide bonds. The van der Waals surface area contributed by atoms with Gasteiger partial charge in [-0.15, -0.1) is 0 Å². The highest BCUT2D eigenvalue weighted by Crippen LogP contribution is 2.40. The number of hydrogen-bond donors (Lipinski definition) is 1. The van der Waals surface area contributed by atoms with Crippen LogP contribution >= 0.6 is 11.6 Å². The van der Waals surface area contributed by atoms with Gasteiger partial charge in [-0.05, 0) is 53.9 Å². The van der Waals surface area contributed by atoms with Gasteiger partial charge in [-0.25, -0.2) is 0 Å². The van der Waals surface area contributed by atoms with Gasteiger partial charge in [0, 0.05) is 17.1 Å². The summed E-state index contributed by atoms with van der Waals surface area (Å²) < 4.78 is 5.82. The Morgan fingerprint density at radius 3 is 2.29 bits per heavy atom. The molecule has 0 saturated carbocycles. The molecule has 180 valence electrons. The predicted octanol–water partition coefficient (Wildman–Crippen LogP) is 6.53. The van der Waals surface area contributed by atoms with Gasteiger partial charge in [-0.2, -0.15) is 0 Å². The molecule has 3 aromatic carbocycles. The van der Waals surface area contributed by atoms with Crippen molar-refractivity contribution < 1.29 is 19.4 Å². The molecule has 0 radical (unpaired) electrons. The molecule has 1 aliphatic rings. The first-order chi connectivity index (χ1) is 17.0. The lowest BCUT2D eigenvalue weighted by atomic mass is 9.95. The molecule has 0 spiro atoms. The summed E-state index contributed by atoms with van der Waals surface area (Å²) in [6.07, 6.45) is 3.21. The van der Waals surface area contributed by atoms with Crippen LogP contribution in [0.3, 0.4) is 0 Å². The van der Waals surface area contributed by atoms with E-state index in [-0.39, 0.29) is 17.9 Å². The van der Waals surface area contributed by atoms with Gasteiger partial charge in [-0.1, -0.05) is 73.8 Å². The molecular weight excluding hydrogens is 462 g/mol. The number of ketones is 1. The third kappa shape index (κ3) is 5.57. The Labute approximate surface area is 210 Å². The Bertz CT molecular complexity index is 1200. The molecular formula is C29H28ClNO4. The van der Waals surface area contributed by atoms with Crippen LogP contribution in [0.1, 0.15) is 48.9 Å². The molecule has 1 fully saturated rings. The largest absolute Gasteiger partial charge is 0.507 e. The molecule has 0 bridgehead atoms. The van der Waals surface area contributed by atoms with Crippen molar-refractivity contribution in [2.24, 2.45) is 0 Å². The lowest BCUT2D eigenvalue weighted by molar-refractivity contribution is -0.140. The lowest BCUT2D eigenvalue weighted by Gasteiger charge is -2.25. The highest BCUT2D eigenvalue weighted by molar-refractivity contribution is 6.46. The second-order valence-electron chi connectivity index (χ2n) is 8.54. The van der Waals surface area contributed by atoms with E-state index in [1.54, 1.807) is 24.3 Å². The maximum absolute atomic E-state index is 13.2. The van der Waals surface area contributed by atoms with E-state index in [9.17, 15) is 14.7 Å². The van der Waals surface area contributed by atoms with E-state index in [0.717, 1.165) is 36.1 Å². The summed E-state index contributed by atoms with van der Waals surface area (Å²) in [6, 6.07) is 22.7. The van der Waals surface area contributed by atoms with Crippen molar-refractivity contribution in [3.05, 3.63) is 106 Å². The standard InChI is InChI=1S/C29H28ClNO4/c1-2-3-7-18-35-24-16-12-21(13-17-24)26-25(27(32)22-10-14-23(30)15-11-22)28(33)29(34)31(26)19-20-8-5-4-6-9-20/h4-6,8-17,26,32H,2-3,7,18-19H2,1H3. The molecule has 6 heteroatoms. The van der Waals surface area contributed by atoms with Gasteiger partial charge in [0.05, 0.1) is 18.2 Å². The summed E-state index contributed by atoms with van der Waals surface area (Å²) >= 11 is 6.00. The van der Waals surface area contributed by atoms with Crippen LogP contribution in [0.2, 0.25) is 5.02 Å². The topological polar surface area (TPSA) is 66.8 Å². The SMILES string of the molecule is CCCCCOc1ccc(C2C(=C(O)c3ccc(Cl)cc3)C(=O)C(=O)N2Cc2ccccc2)cc1. The van der Waals surface area contributed by atoms with Crippen LogP contribution in [0.15, 0.2) is 84.4 Å². The number of rotatable bonds is 9. The molecule has 1 aliphatic heterocycles. The first-order valence-electron chi connectivity index (χ1n) is 11.8. The minimum atomic E-state index is -0.736. The van der Waals surface area contributed by atoms with Crippen molar-refractivity contribution in [3.63, 3.8) is 0 Å². The number of hydrogen-bond acceptors (Lipinski definition) is 4. The summed E-state index contributed by atoms with van der Waals surface area (Å²) in [7, 11) is 0. The van der Waals surface area contributed by atoms with Gasteiger partial charge in [0.1, 0.15) is 11.5 Å². The fraction of sp³-hybridized carbons (Fsp3) is 0.241. The van der Waals surface area contributed by atoms with Gasteiger partial charge >= 0.3 is 0 Å². The van der Waals surface area contributed by atoms with E-state index >= 15 is 0 Å². The lowest BCUT2D eigenvalue weighted by Crippen LogP contribution is -2.29. The summed E-state index contributed by atoms with van der Waals surface area (Å²) in [5.41, 5.74) is 2.09. The first kappa shape index (κ1) is 24.6. The average Bonchev–Trinajstić information content (AvgIpc) is 3.12. The molecule has 4 rings (SSSR count). The van der Waals surface area contributed by atoms with Gasteiger partial charge in [0.25, 0.3) is 11.7 Å². The zero-order valence-corrected chi connectivity index (χ0v) is 20.4. The number of carbonyl (C=O) groups is 2. The number of aliphatic hydroxyl groups is 1. The number of benzene rings is 3. The van der Waals surface area contributed by atoms with Crippen LogP contribution in [0.25, 0.3) is 5.76 Å². The Morgan fingerprint density at radius 2 is 1.63 bits per heavy atom. The molecule has 3 aromatic rings. The summed E-state index contributed by atoms with van der Waals surface area (Å²) in [6.45, 7) is 3.02. The van der Waals surface area contributed by atoms with Crippen molar-refractivity contribution in [2.45, 2.75) is 38.8 Å². The summed E-state index contributed by atoms with van der Waals surface area (Å²) in [5.74, 6) is -0.851. The maximum Gasteiger partial charge on any atom is 0.295 e. The number of likely N-dealkylation sites (tertiary alicyclic amines) is 1. The molecule has 1 heterocycles. The summed E-state index contributed by atoms with van der Waals surface area (Å²) in [4.78, 5) is 27.8. The third-order valence-electron chi connectivity index (χ3n) is 6.07. The second-order valence-corrected chi connectivity index (χ2v) is 8.98. The van der Waals surface area contributed by atoms with Crippen molar-refractivity contribution in [3.8, 4) is 5.75 Å². The van der Waals surface area contributed by atoms with Gasteiger partial charge in [0.2, 0.25) is 0 Å². The average molecular weight is 490 g/mol. The van der Waals surface area contributed by atoms with Gasteiger partial charge < -0.3 is 14.7 Å². The smallest absolute Gasteiger partial charge is 0.295 e. The Balaban J connectivity index is 1.72. The highest BCUT2D eigenvalue weighted by Gasteiger charge is 2.46. The predicted molar refractivity (Wildman–Crippen MR) is 137 cm³/mol. The van der Waals surface area contributed by atoms with Crippen LogP contribution < -0.4 is 4.74 Å². The molecule has 1 atom stereocenters. The van der Waals surface area contributed by atoms with Crippen molar-refractivity contribution in [1.82, 2.24) is 4.90 Å². The highest BCUT2D eigenvalue weighted by atomic mass is 35.5. The molecule has 5 nitrogen and oxygen atoms in total. The number of carbonyl (C=O) groups excluding carboxylic acids is 2. The zero-order chi connectivity index (χ0) is 24.8. The van der Waals surface area contributed by atoms with E-state index < -0.39 is 17.7 Å². The second kappa shape index (κ2) is 11.2. The fourth-order valence-corrected chi connectivity index (χ4v) is 4.35. The van der Waals surface area contributed by atoms with Crippen LogP contribution in [0.4, 0.5) is 0 Å². The normalized spacial score (nSPS) is 17.1. The number of unbranched alkanes of at least 4 members (excludes halogenated alkanes) is 2. The van der Waals surface area contributed by atoms with Crippen LogP contribution in [0, 0.1) is 0 Å². The number of halogens is 1. The number of nitrogens with zero attached hydrogens (tertiary/aromatic N) is 1. The fourth-order valence-electron chi connectivity index (χ4n) is 4.22. The Hall–Kier alpha value is -3.57. The van der Waals surface area contributed by atoms with Gasteiger partial charge in [-0.3, -0.25) is 9.59 Å². The first-order valence-corrected chi connectivity index (χ1v) is 12.2. The van der Waals surface area contributed by atoms with E-state index in [1.807, 2.05) is 54.6 Å². The van der Waals surface area contributed by atoms with Crippen LogP contribution in [-0.2, 0) is 16.1 Å². The van der Waals surface area contributed by atoms with Crippen LogP contribution in [0.5, 0.6) is 5.75 Å². The minimum absolute atomic E-state index is 0.0601. The van der Waals surface area contributed by atoms with E-state index in [2.05, 4.69) is 6.92 Å². The molecule has 35 heavy (non-hydrogen) atoms. The van der Waals surface area contributed by atoms with Crippen molar-refractivity contribution in [2.75, 3.05) is 6.61 Å². The summed E-state index contributed by atoms with van der Waals surface area (Å²) in [5, 5.41) is 11.7. The number of Topliss-reactive ketones (excluding diaryl/α,β-unsaturated/α-hetero) is 1. The van der Waals surface area contributed by atoms with Crippen molar-refractivity contribution >= 4 is 29.1 Å². The molecule has 1 unspecified atom stereocenters. The van der Waals surface area contributed by atoms with E-state index in [1.165, 1.54) is 4.90 Å². The molecule has 0 aromatic heterocycles. The number of amides is 1. The van der Waals surface area contributed by atoms with E-state index in [4.69, 9.17) is 16.3 Å². The van der Waals surface area contributed by atoms with E-state index in [0.29, 0.717) is 17.2 Å². The number of aliphatic hydroxyl groups excluding tert-OH is 1. The maximum atomic E-state index is 13.2. The quantitative estimate of drug-likeness (QED) is 0.160.